The monoisotopic (exact) mass is 464 g/mol. The Morgan fingerprint density at radius 3 is 2.53 bits per heavy atom. The molecule has 4 rings (SSSR count). The predicted octanol–water partition coefficient (Wildman–Crippen LogP) is 5.14. The van der Waals surface area contributed by atoms with E-state index >= 15 is 0 Å². The van der Waals surface area contributed by atoms with Crippen LogP contribution in [-0.2, 0) is 11.3 Å². The van der Waals surface area contributed by atoms with Crippen molar-refractivity contribution < 1.29 is 4.79 Å². The van der Waals surface area contributed by atoms with E-state index in [1.165, 1.54) is 39.8 Å². The zero-order chi connectivity index (χ0) is 22.7. The van der Waals surface area contributed by atoms with E-state index in [0.29, 0.717) is 16.8 Å². The van der Waals surface area contributed by atoms with Crippen LogP contribution in [0.3, 0.4) is 0 Å². The fourth-order valence-corrected chi connectivity index (χ4v) is 5.23. The highest BCUT2D eigenvalue weighted by Gasteiger charge is 2.16. The summed E-state index contributed by atoms with van der Waals surface area (Å²) in [5.74, 6) is 0.877. The fourth-order valence-electron chi connectivity index (χ4n) is 3.71. The second-order valence-corrected chi connectivity index (χ2v) is 9.24. The van der Waals surface area contributed by atoms with Gasteiger partial charge in [-0.2, -0.15) is 0 Å². The number of thioether (sulfide) groups is 1. The van der Waals surface area contributed by atoms with Crippen LogP contribution < -0.4 is 5.32 Å². The minimum Gasteiger partial charge on any atom is -0.302 e. The summed E-state index contributed by atoms with van der Waals surface area (Å²) >= 11 is 2.80. The highest BCUT2D eigenvalue weighted by Crippen LogP contribution is 2.31. The van der Waals surface area contributed by atoms with Crippen molar-refractivity contribution in [2.24, 2.45) is 0 Å². The molecule has 0 spiro atoms. The van der Waals surface area contributed by atoms with Gasteiger partial charge in [-0.05, 0) is 51.0 Å². The summed E-state index contributed by atoms with van der Waals surface area (Å²) < 4.78 is 2.00. The molecule has 0 saturated carbocycles. The molecule has 0 radical (unpaired) electrons. The Morgan fingerprint density at radius 2 is 1.84 bits per heavy atom. The number of hydrogen-bond donors (Lipinski definition) is 1. The first-order valence-corrected chi connectivity index (χ1v) is 12.1. The van der Waals surface area contributed by atoms with E-state index < -0.39 is 0 Å². The van der Waals surface area contributed by atoms with Crippen molar-refractivity contribution in [3.8, 4) is 22.6 Å². The molecule has 1 aromatic carbocycles. The van der Waals surface area contributed by atoms with E-state index in [9.17, 15) is 4.79 Å². The lowest BCUT2D eigenvalue weighted by Gasteiger charge is -2.09. The number of rotatable bonds is 7. The number of hydrogen-bond acceptors (Lipinski definition) is 7. The Balaban J connectivity index is 1.42. The van der Waals surface area contributed by atoms with E-state index in [4.69, 9.17) is 0 Å². The van der Waals surface area contributed by atoms with Crippen LogP contribution in [0.15, 0.2) is 47.2 Å². The number of thiazole rings is 1. The van der Waals surface area contributed by atoms with Crippen LogP contribution in [0, 0.1) is 20.8 Å². The number of aromatic nitrogens is 5. The molecular weight excluding hydrogens is 440 g/mol. The van der Waals surface area contributed by atoms with Crippen LogP contribution >= 0.6 is 23.1 Å². The maximum absolute atomic E-state index is 12.6. The van der Waals surface area contributed by atoms with Gasteiger partial charge in [0.15, 0.2) is 16.1 Å². The molecule has 0 aliphatic rings. The zero-order valence-corrected chi connectivity index (χ0v) is 20.0. The lowest BCUT2D eigenvalue weighted by atomic mass is 9.98. The van der Waals surface area contributed by atoms with E-state index in [2.05, 4.69) is 58.4 Å². The Labute approximate surface area is 195 Å². The molecule has 7 nitrogen and oxygen atoms in total. The van der Waals surface area contributed by atoms with Crippen molar-refractivity contribution in [2.45, 2.75) is 39.4 Å². The van der Waals surface area contributed by atoms with Crippen molar-refractivity contribution in [3.63, 3.8) is 0 Å². The molecule has 1 N–H and O–H groups in total. The van der Waals surface area contributed by atoms with E-state index in [0.717, 1.165) is 22.6 Å². The standard InChI is InChI=1S/C23H24N6OS2/c1-5-29-21(17-6-8-24-9-7-17)27-28-23(29)32-13-19(30)26-22-25-18(12-31-22)20-15(3)10-14(2)11-16(20)4/h6-12H,5,13H2,1-4H3,(H,25,26,30). The third-order valence-electron chi connectivity index (χ3n) is 4.99. The third kappa shape index (κ3) is 4.73. The zero-order valence-electron chi connectivity index (χ0n) is 18.4. The Morgan fingerprint density at radius 1 is 1.12 bits per heavy atom. The van der Waals surface area contributed by atoms with Crippen LogP contribution in [0.1, 0.15) is 23.6 Å². The second-order valence-electron chi connectivity index (χ2n) is 7.43. The fraction of sp³-hybridized carbons (Fsp3) is 0.261. The van der Waals surface area contributed by atoms with Gasteiger partial charge in [0.2, 0.25) is 5.91 Å². The quantitative estimate of drug-likeness (QED) is 0.381. The first-order valence-electron chi connectivity index (χ1n) is 10.3. The van der Waals surface area contributed by atoms with Gasteiger partial charge in [-0.3, -0.25) is 9.78 Å². The van der Waals surface area contributed by atoms with Crippen molar-refractivity contribution in [2.75, 3.05) is 11.1 Å². The first kappa shape index (κ1) is 22.2. The van der Waals surface area contributed by atoms with Crippen LogP contribution in [-0.4, -0.2) is 36.4 Å². The number of carbonyl (C=O) groups excluding carboxylic acids is 1. The molecule has 164 valence electrons. The molecule has 3 aromatic heterocycles. The Kier molecular flexibility index (Phi) is 6.66. The molecule has 9 heteroatoms. The van der Waals surface area contributed by atoms with Crippen LogP contribution in [0.25, 0.3) is 22.6 Å². The van der Waals surface area contributed by atoms with Crippen molar-refractivity contribution in [1.29, 1.82) is 0 Å². The average Bonchev–Trinajstić information content (AvgIpc) is 3.39. The molecule has 0 bridgehead atoms. The number of pyridine rings is 1. The molecule has 1 amide bonds. The van der Waals surface area contributed by atoms with Crippen LogP contribution in [0.5, 0.6) is 0 Å². The van der Waals surface area contributed by atoms with Crippen molar-refractivity contribution in [1.82, 2.24) is 24.7 Å². The van der Waals surface area contributed by atoms with Crippen LogP contribution in [0.2, 0.25) is 0 Å². The average molecular weight is 465 g/mol. The molecule has 0 fully saturated rings. The number of aryl methyl sites for hydroxylation is 3. The smallest absolute Gasteiger partial charge is 0.236 e. The van der Waals surface area contributed by atoms with E-state index in [-0.39, 0.29) is 11.7 Å². The topological polar surface area (TPSA) is 85.6 Å². The normalized spacial score (nSPS) is 11.0. The van der Waals surface area contributed by atoms with E-state index in [1.54, 1.807) is 12.4 Å². The number of benzene rings is 1. The highest BCUT2D eigenvalue weighted by molar-refractivity contribution is 7.99. The number of anilines is 1. The maximum atomic E-state index is 12.6. The number of nitrogens with one attached hydrogen (secondary N) is 1. The summed E-state index contributed by atoms with van der Waals surface area (Å²) in [7, 11) is 0. The minimum absolute atomic E-state index is 0.121. The van der Waals surface area contributed by atoms with Crippen molar-refractivity contribution in [3.05, 3.63) is 58.7 Å². The molecular formula is C23H24N6OS2. The van der Waals surface area contributed by atoms with Crippen LogP contribution in [0.4, 0.5) is 5.13 Å². The van der Waals surface area contributed by atoms with Gasteiger partial charge in [-0.15, -0.1) is 21.5 Å². The highest BCUT2D eigenvalue weighted by atomic mass is 32.2. The van der Waals surface area contributed by atoms with Crippen molar-refractivity contribution >= 4 is 34.1 Å². The van der Waals surface area contributed by atoms with Gasteiger partial charge in [0.05, 0.1) is 11.4 Å². The van der Waals surface area contributed by atoms with Gasteiger partial charge in [-0.1, -0.05) is 29.5 Å². The molecule has 0 unspecified atom stereocenters. The van der Waals surface area contributed by atoms with Gasteiger partial charge >= 0.3 is 0 Å². The molecule has 0 saturated heterocycles. The van der Waals surface area contributed by atoms with Gasteiger partial charge in [0.1, 0.15) is 0 Å². The second kappa shape index (κ2) is 9.62. The minimum atomic E-state index is -0.121. The Hall–Kier alpha value is -3.04. The Bertz CT molecular complexity index is 1230. The predicted molar refractivity (Wildman–Crippen MR) is 130 cm³/mol. The summed E-state index contributed by atoms with van der Waals surface area (Å²) in [6.07, 6.45) is 3.46. The molecule has 4 aromatic rings. The summed E-state index contributed by atoms with van der Waals surface area (Å²) in [6, 6.07) is 8.10. The van der Waals surface area contributed by atoms with Gasteiger partial charge in [0.25, 0.3) is 0 Å². The number of amides is 1. The van der Waals surface area contributed by atoms with Gasteiger partial charge in [-0.25, -0.2) is 4.98 Å². The maximum Gasteiger partial charge on any atom is 0.236 e. The SMILES string of the molecule is CCn1c(SCC(=O)Nc2nc(-c3c(C)cc(C)cc3C)cs2)nnc1-c1ccncc1. The summed E-state index contributed by atoms with van der Waals surface area (Å²) in [6.45, 7) is 9.01. The molecule has 0 aliphatic heterocycles. The molecule has 32 heavy (non-hydrogen) atoms. The largest absolute Gasteiger partial charge is 0.302 e. The summed E-state index contributed by atoms with van der Waals surface area (Å²) in [5, 5.41) is 14.8. The first-order chi connectivity index (χ1) is 15.5. The molecule has 0 atom stereocenters. The number of carbonyl (C=O) groups is 1. The van der Waals surface area contributed by atoms with E-state index in [1.807, 2.05) is 29.0 Å². The summed E-state index contributed by atoms with van der Waals surface area (Å²) in [5.41, 5.74) is 6.57. The lowest BCUT2D eigenvalue weighted by molar-refractivity contribution is -0.113. The molecule has 0 aliphatic carbocycles. The van der Waals surface area contributed by atoms with Gasteiger partial charge < -0.3 is 9.88 Å². The van der Waals surface area contributed by atoms with Gasteiger partial charge in [0, 0.05) is 35.4 Å². The third-order valence-corrected chi connectivity index (χ3v) is 6.71. The lowest BCUT2D eigenvalue weighted by Crippen LogP contribution is -2.14. The molecule has 3 heterocycles. The summed E-state index contributed by atoms with van der Waals surface area (Å²) in [4.78, 5) is 21.2. The number of nitrogens with zero attached hydrogens (tertiary/aromatic N) is 5.